The Bertz CT molecular complexity index is 6050. The number of aliphatic hydroxyl groups is 1. The summed E-state index contributed by atoms with van der Waals surface area (Å²) in [6.07, 6.45) is 14.1. The molecule has 9 amide bonds. The van der Waals surface area contributed by atoms with Crippen LogP contribution in [0.5, 0.6) is 0 Å². The van der Waals surface area contributed by atoms with Crippen molar-refractivity contribution in [2.45, 2.75) is 53.4 Å². The van der Waals surface area contributed by atoms with Gasteiger partial charge >= 0.3 is 770 Å². The molecule has 0 unspecified atom stereocenters. The zero-order chi connectivity index (χ0) is 88.8. The molecule has 8 aliphatic rings. The third-order valence-electron chi connectivity index (χ3n) is 21.6. The normalized spacial score (nSPS) is 17.0. The molecule has 5 aromatic carbocycles. The molecular formula is C93H89BrF4N12O11Se5. The zero-order valence-electron chi connectivity index (χ0n) is 69.0. The first-order valence-electron chi connectivity index (χ1n) is 40.9. The van der Waals surface area contributed by atoms with Gasteiger partial charge in [-0.3, -0.25) is 0 Å². The summed E-state index contributed by atoms with van der Waals surface area (Å²) in [6, 6.07) is 34.3. The van der Waals surface area contributed by atoms with Gasteiger partial charge < -0.3 is 0 Å². The van der Waals surface area contributed by atoms with Crippen molar-refractivity contribution in [1.29, 1.82) is 0 Å². The van der Waals surface area contributed by atoms with Crippen molar-refractivity contribution in [1.82, 2.24) is 36.0 Å². The fourth-order valence-corrected chi connectivity index (χ4v) is 25.1. The van der Waals surface area contributed by atoms with Crippen molar-refractivity contribution < 1.29 is 70.6 Å². The van der Waals surface area contributed by atoms with Crippen LogP contribution < -0.4 is 47.9 Å². The van der Waals surface area contributed by atoms with Crippen LogP contribution in [0.4, 0.5) is 46.0 Å². The number of halogens is 5. The molecule has 33 heteroatoms. The standard InChI is InChI=1S/C21H22FN3O3Se.2C21H22FN3O2Se.C17H15FN2O3Se.C13H8BrNOSe/c1-13-16(20(26)23-4-5-25-6-8-28-9-7-25)11-15(29-13)12-18-17-10-14(22)2-3-19(17)24-21(18)27;1-13-16(20(26)23-6-9-25-7-2-3-8-25)11-15(28-13)12-18-17-10-14(22)4-5-19(17)24-21(18)27;1-13-17(20(26)23-6-9-25-7-2-3-8-25)11-15(28-13)12-18-16-5-4-14(22)10-19(16)24-21(18)27;1-9-12(16(22)19-4-5-21)7-11(24-9)8-14-13-6-10(18)2-3-15(13)20-17(14)23;14-8-3-4-10-11(7-9-2-1-5-17-9)13(16)15-12(10)6-8/h2-3,10-12H,4-9H2,1H3,(H,23,26)(H,24,27);2*4-5,10-12H,2-3,6-9H2,1H3,(H,23,26)(H,24,27);2-3,6-8,21H,4-5H2,1H3,(H,19,22)(H,20,23);1-7H,(H,15,16)/b3*18-12-;14-8-;11-7-. The summed E-state index contributed by atoms with van der Waals surface area (Å²) in [5.41, 5.74) is 11.7. The molecule has 10 N–H and O–H groups in total. The number of morpholine rings is 1. The SMILES string of the molecule is Cc1[se]c(/C=C2\C(=O)Nc3cc(F)ccc32)cc1C(=O)NCCN1CCCC1.Cc1[se]c(/C=C2\C(=O)Nc3ccc(F)cc32)cc1C(=O)NCCN1CCCC1.Cc1[se]c(/C=C2\C(=O)Nc3ccc(F)cc32)cc1C(=O)NCCN1CCOCC1.Cc1[se]c(/C=C2\C(=O)Nc3ccc(F)cc32)cc1C(=O)NCCO.O=C1Nc2cc(Br)ccc2/C1=C/c1ccc[se]1. The summed E-state index contributed by atoms with van der Waals surface area (Å²) < 4.78 is 69.4. The van der Waals surface area contributed by atoms with Gasteiger partial charge in [-0.15, -0.1) is 0 Å². The molecular weight excluding hydrogens is 2010 g/mol. The fourth-order valence-electron chi connectivity index (χ4n) is 15.2. The molecule has 0 radical (unpaired) electrons. The molecule has 5 aromatic heterocycles. The molecule has 0 spiro atoms. The number of carbonyl (C=O) groups excluding carboxylic acids is 9. The summed E-state index contributed by atoms with van der Waals surface area (Å²) in [7, 11) is 0. The zero-order valence-corrected chi connectivity index (χ0v) is 79.2. The van der Waals surface area contributed by atoms with Crippen LogP contribution in [0.2, 0.25) is 0 Å². The molecule has 0 saturated carbocycles. The number of anilines is 5. The molecule has 10 aromatic rings. The third-order valence-corrected chi connectivity index (χ3v) is 32.1. The Kier molecular flexibility index (Phi) is 31.3. The maximum absolute atomic E-state index is 13.6. The van der Waals surface area contributed by atoms with Gasteiger partial charge in [0, 0.05) is 0 Å². The first-order valence-corrected chi connectivity index (χ1v) is 50.3. The van der Waals surface area contributed by atoms with Crippen LogP contribution in [-0.2, 0) is 28.7 Å². The van der Waals surface area contributed by atoms with E-state index in [1.54, 1.807) is 42.5 Å². The first kappa shape index (κ1) is 92.2. The van der Waals surface area contributed by atoms with Crippen LogP contribution in [0.25, 0.3) is 58.2 Å². The van der Waals surface area contributed by atoms with Gasteiger partial charge in [-0.25, -0.2) is 0 Å². The van der Waals surface area contributed by atoms with E-state index < -0.39 is 5.82 Å². The minimum absolute atomic E-state index is 0.00229. The van der Waals surface area contributed by atoms with E-state index in [1.807, 2.05) is 82.3 Å². The van der Waals surface area contributed by atoms with Gasteiger partial charge in [-0.05, 0) is 0 Å². The number of aliphatic hydroxyl groups excluding tert-OH is 1. The average Bonchev–Trinajstić information content (AvgIpc) is 1.62. The first-order chi connectivity index (χ1) is 60.8. The van der Waals surface area contributed by atoms with Crippen LogP contribution >= 0.6 is 15.9 Å². The summed E-state index contributed by atoms with van der Waals surface area (Å²) >= 11 is 3.63. The molecule has 3 saturated heterocycles. The van der Waals surface area contributed by atoms with Gasteiger partial charge in [0.05, 0.1) is 0 Å². The molecule has 8 aliphatic heterocycles. The van der Waals surface area contributed by atoms with Gasteiger partial charge in [0.25, 0.3) is 0 Å². The number of likely N-dealkylation sites (tertiary alicyclic amines) is 2. The molecule has 0 bridgehead atoms. The van der Waals surface area contributed by atoms with Gasteiger partial charge in [0.2, 0.25) is 0 Å². The van der Waals surface area contributed by atoms with Crippen LogP contribution in [0, 0.1) is 51.0 Å². The fraction of sp³-hybridized carbons (Fsp3) is 0.258. The summed E-state index contributed by atoms with van der Waals surface area (Å²) in [4.78, 5) is 120. The third kappa shape index (κ3) is 23.3. The Morgan fingerprint density at radius 3 is 1.06 bits per heavy atom. The Morgan fingerprint density at radius 2 is 0.698 bits per heavy atom. The number of nitrogens with zero attached hydrogens (tertiary/aromatic N) is 3. The number of rotatable bonds is 20. The number of aryl methyl sites for hydroxylation is 4. The Morgan fingerprint density at radius 1 is 0.389 bits per heavy atom. The van der Waals surface area contributed by atoms with E-state index in [-0.39, 0.29) is 142 Å². The molecule has 0 aliphatic carbocycles. The second-order valence-corrected chi connectivity index (χ2v) is 44.1. The Hall–Kier alpha value is -9.97. The number of benzene rings is 5. The number of carbonyl (C=O) groups is 9. The molecule has 18 rings (SSSR count). The van der Waals surface area contributed by atoms with Crippen molar-refractivity contribution in [3.05, 3.63) is 250 Å². The molecule has 126 heavy (non-hydrogen) atoms. The molecule has 3 fully saturated rings. The summed E-state index contributed by atoms with van der Waals surface area (Å²) in [5.74, 6) is -2.99. The van der Waals surface area contributed by atoms with E-state index in [9.17, 15) is 60.7 Å². The van der Waals surface area contributed by atoms with Crippen molar-refractivity contribution >= 4 is 228 Å². The second kappa shape index (κ2) is 42.8. The Labute approximate surface area is 763 Å². The van der Waals surface area contributed by atoms with Crippen LogP contribution in [0.1, 0.15) is 135 Å². The van der Waals surface area contributed by atoms with E-state index in [2.05, 4.69) is 89.5 Å². The Balaban J connectivity index is 0.000000129. The van der Waals surface area contributed by atoms with Gasteiger partial charge in [-0.2, -0.15) is 0 Å². The van der Waals surface area contributed by atoms with E-state index in [0.29, 0.717) is 124 Å². The number of ether oxygens (including phenoxy) is 1. The van der Waals surface area contributed by atoms with Crippen molar-refractivity contribution in [2.75, 3.05) is 131 Å². The van der Waals surface area contributed by atoms with Gasteiger partial charge in [0.1, 0.15) is 0 Å². The number of nitrogens with one attached hydrogen (secondary N) is 9. The number of amides is 9. The summed E-state index contributed by atoms with van der Waals surface area (Å²) in [5, 5.41) is 34.2. The predicted molar refractivity (Wildman–Crippen MR) is 493 cm³/mol. The monoisotopic (exact) mass is 2100 g/mol. The van der Waals surface area contributed by atoms with Crippen LogP contribution in [0.15, 0.2) is 137 Å². The van der Waals surface area contributed by atoms with E-state index in [0.717, 1.165) is 129 Å². The number of hydrogen-bond acceptors (Lipinski definition) is 14. The maximum atomic E-state index is 13.6. The predicted octanol–water partition coefficient (Wildman–Crippen LogP) is 11.2. The molecule has 23 nitrogen and oxygen atoms in total. The van der Waals surface area contributed by atoms with Gasteiger partial charge in [-0.1, -0.05) is 0 Å². The topological polar surface area (TPSA) is 301 Å². The molecule has 13 heterocycles. The van der Waals surface area contributed by atoms with Crippen molar-refractivity contribution in [2.24, 2.45) is 0 Å². The van der Waals surface area contributed by atoms with E-state index in [4.69, 9.17) is 9.84 Å². The average molecular weight is 2100 g/mol. The van der Waals surface area contributed by atoms with Crippen molar-refractivity contribution in [3.8, 4) is 0 Å². The summed E-state index contributed by atoms with van der Waals surface area (Å²) in [6.45, 7) is 20.0. The number of hydrogen-bond donors (Lipinski definition) is 10. The number of fused-ring (bicyclic) bond motifs is 5. The quantitative estimate of drug-likeness (QED) is 0.0193. The second-order valence-electron chi connectivity index (χ2n) is 30.3. The van der Waals surface area contributed by atoms with E-state index >= 15 is 0 Å². The molecule has 0 atom stereocenters. The minimum atomic E-state index is -0.402. The van der Waals surface area contributed by atoms with Crippen LogP contribution in [0.3, 0.4) is 0 Å². The van der Waals surface area contributed by atoms with Gasteiger partial charge in [0.15, 0.2) is 0 Å². The van der Waals surface area contributed by atoms with Crippen molar-refractivity contribution in [3.63, 3.8) is 0 Å². The molecule has 652 valence electrons. The van der Waals surface area contributed by atoms with Crippen LogP contribution in [-0.4, -0.2) is 250 Å². The van der Waals surface area contributed by atoms with E-state index in [1.165, 1.54) is 84.7 Å².